The van der Waals surface area contributed by atoms with Gasteiger partial charge < -0.3 is 16.0 Å². The van der Waals surface area contributed by atoms with E-state index in [1.54, 1.807) is 12.2 Å². The van der Waals surface area contributed by atoms with Crippen molar-refractivity contribution < 1.29 is 22.8 Å². The van der Waals surface area contributed by atoms with Gasteiger partial charge in [-0.3, -0.25) is 4.79 Å². The Kier molecular flexibility index (Phi) is 5.62. The Bertz CT molecular complexity index is 255. The quantitative estimate of drug-likeness (QED) is 0.665. The molecule has 1 unspecified atom stereocenters. The molecule has 0 aliphatic heterocycles. The third-order valence-corrected chi connectivity index (χ3v) is 1.54. The highest BCUT2D eigenvalue weighted by molar-refractivity contribution is 5.86. The van der Waals surface area contributed by atoms with Crippen LogP contribution >= 0.6 is 0 Å². The Labute approximate surface area is 90.8 Å². The third-order valence-electron chi connectivity index (χ3n) is 1.54. The maximum absolute atomic E-state index is 11.7. The van der Waals surface area contributed by atoms with Crippen LogP contribution in [0.15, 0.2) is 0 Å². The van der Waals surface area contributed by atoms with Crippen LogP contribution in [0.4, 0.5) is 18.0 Å². The van der Waals surface area contributed by atoms with Crippen molar-refractivity contribution in [3.63, 3.8) is 0 Å². The van der Waals surface area contributed by atoms with Crippen LogP contribution in [0.5, 0.6) is 0 Å². The molecule has 0 aliphatic rings. The van der Waals surface area contributed by atoms with Crippen molar-refractivity contribution in [2.24, 2.45) is 0 Å². The average Bonchev–Trinajstić information content (AvgIpc) is 2.14. The van der Waals surface area contributed by atoms with E-state index < -0.39 is 30.7 Å². The normalized spacial score (nSPS) is 12.8. The zero-order chi connectivity index (χ0) is 12.8. The Morgan fingerprint density at radius 2 is 1.81 bits per heavy atom. The second kappa shape index (κ2) is 6.19. The lowest BCUT2D eigenvalue weighted by atomic mass is 10.3. The van der Waals surface area contributed by atoms with Crippen LogP contribution in [0.2, 0.25) is 0 Å². The first-order chi connectivity index (χ1) is 7.26. The monoisotopic (exact) mass is 241 g/mol. The second-order valence-corrected chi connectivity index (χ2v) is 3.06. The Balaban J connectivity index is 3.92. The molecule has 0 fully saturated rings. The minimum atomic E-state index is -4.47. The second-order valence-electron chi connectivity index (χ2n) is 3.06. The van der Waals surface area contributed by atoms with E-state index in [4.69, 9.17) is 0 Å². The van der Waals surface area contributed by atoms with E-state index in [-0.39, 0.29) is 0 Å². The van der Waals surface area contributed by atoms with Crippen LogP contribution < -0.4 is 16.0 Å². The fraction of sp³-hybridized carbons (Fsp3) is 0.750. The van der Waals surface area contributed by atoms with Crippen LogP contribution in [0, 0.1) is 0 Å². The molecule has 5 nitrogen and oxygen atoms in total. The van der Waals surface area contributed by atoms with E-state index >= 15 is 0 Å². The SMILES string of the molecule is CCNC(=O)C(C)NC(=O)NCC(F)(F)F. The molecule has 0 aromatic heterocycles. The summed E-state index contributed by atoms with van der Waals surface area (Å²) in [5, 5.41) is 6.09. The molecule has 0 aromatic rings. The van der Waals surface area contributed by atoms with E-state index in [9.17, 15) is 22.8 Å². The highest BCUT2D eigenvalue weighted by Crippen LogP contribution is 2.11. The number of carbonyl (C=O) groups is 2. The first-order valence-electron chi connectivity index (χ1n) is 4.65. The van der Waals surface area contributed by atoms with E-state index in [2.05, 4.69) is 10.6 Å². The molecule has 8 heteroatoms. The van der Waals surface area contributed by atoms with E-state index in [0.717, 1.165) is 0 Å². The molecular weight excluding hydrogens is 227 g/mol. The van der Waals surface area contributed by atoms with Crippen LogP contribution in [0.1, 0.15) is 13.8 Å². The van der Waals surface area contributed by atoms with Gasteiger partial charge in [-0.25, -0.2) is 4.79 Å². The standard InChI is InChI=1S/C8H14F3N3O2/c1-3-12-6(15)5(2)14-7(16)13-4-8(9,10)11/h5H,3-4H2,1-2H3,(H,12,15)(H2,13,14,16). The molecule has 0 bridgehead atoms. The van der Waals surface area contributed by atoms with Gasteiger partial charge in [-0.05, 0) is 13.8 Å². The number of carbonyl (C=O) groups excluding carboxylic acids is 2. The van der Waals surface area contributed by atoms with Gasteiger partial charge in [0.1, 0.15) is 12.6 Å². The fourth-order valence-corrected chi connectivity index (χ4v) is 0.821. The summed E-state index contributed by atoms with van der Waals surface area (Å²) in [5.74, 6) is -0.454. The number of urea groups is 1. The molecule has 3 N–H and O–H groups in total. The van der Waals surface area contributed by atoms with Crippen molar-refractivity contribution in [1.82, 2.24) is 16.0 Å². The molecule has 0 radical (unpaired) electrons. The highest BCUT2D eigenvalue weighted by atomic mass is 19.4. The lowest BCUT2D eigenvalue weighted by molar-refractivity contribution is -0.123. The zero-order valence-corrected chi connectivity index (χ0v) is 8.94. The third kappa shape index (κ3) is 6.91. The van der Waals surface area contributed by atoms with Crippen molar-refractivity contribution in [3.05, 3.63) is 0 Å². The predicted molar refractivity (Wildman–Crippen MR) is 50.7 cm³/mol. The van der Waals surface area contributed by atoms with Crippen LogP contribution in [0.3, 0.4) is 0 Å². The van der Waals surface area contributed by atoms with Crippen molar-refractivity contribution in [2.75, 3.05) is 13.1 Å². The molecule has 0 aromatic carbocycles. The number of alkyl halides is 3. The number of hydrogen-bond acceptors (Lipinski definition) is 2. The molecule has 3 amide bonds. The summed E-state index contributed by atoms with van der Waals surface area (Å²) in [6.07, 6.45) is -4.47. The molecule has 0 spiro atoms. The smallest absolute Gasteiger partial charge is 0.355 e. The Morgan fingerprint density at radius 1 is 1.25 bits per heavy atom. The number of rotatable bonds is 4. The maximum atomic E-state index is 11.7. The minimum absolute atomic E-state index is 0.384. The highest BCUT2D eigenvalue weighted by Gasteiger charge is 2.28. The Hall–Kier alpha value is -1.47. The topological polar surface area (TPSA) is 70.2 Å². The number of nitrogens with one attached hydrogen (secondary N) is 3. The van der Waals surface area contributed by atoms with Crippen molar-refractivity contribution in [3.8, 4) is 0 Å². The van der Waals surface area contributed by atoms with Crippen LogP contribution in [-0.2, 0) is 4.79 Å². The summed E-state index contributed by atoms with van der Waals surface area (Å²) < 4.78 is 35.1. The molecular formula is C8H14F3N3O2. The molecule has 0 saturated carbocycles. The lowest BCUT2D eigenvalue weighted by Crippen LogP contribution is -2.49. The fourth-order valence-electron chi connectivity index (χ4n) is 0.821. The van der Waals surface area contributed by atoms with E-state index in [1.807, 2.05) is 0 Å². The first-order valence-corrected chi connectivity index (χ1v) is 4.65. The average molecular weight is 241 g/mol. The number of hydrogen-bond donors (Lipinski definition) is 3. The van der Waals surface area contributed by atoms with Crippen molar-refractivity contribution in [1.29, 1.82) is 0 Å². The zero-order valence-electron chi connectivity index (χ0n) is 8.94. The number of amides is 3. The van der Waals surface area contributed by atoms with E-state index in [0.29, 0.717) is 6.54 Å². The number of halogens is 3. The van der Waals surface area contributed by atoms with Gasteiger partial charge in [-0.2, -0.15) is 13.2 Å². The molecule has 0 saturated heterocycles. The van der Waals surface area contributed by atoms with E-state index in [1.165, 1.54) is 6.92 Å². The summed E-state index contributed by atoms with van der Waals surface area (Å²) in [7, 11) is 0. The molecule has 0 rings (SSSR count). The van der Waals surface area contributed by atoms with Gasteiger partial charge in [0.15, 0.2) is 0 Å². The van der Waals surface area contributed by atoms with Gasteiger partial charge >= 0.3 is 12.2 Å². The van der Waals surface area contributed by atoms with Gasteiger partial charge in [0, 0.05) is 6.54 Å². The van der Waals surface area contributed by atoms with Crippen LogP contribution in [-0.4, -0.2) is 37.2 Å². The lowest BCUT2D eigenvalue weighted by Gasteiger charge is -2.14. The minimum Gasteiger partial charge on any atom is -0.355 e. The molecule has 0 heterocycles. The predicted octanol–water partition coefficient (Wildman–Crippen LogP) is 0.372. The van der Waals surface area contributed by atoms with Gasteiger partial charge in [0.05, 0.1) is 0 Å². The largest absolute Gasteiger partial charge is 0.405 e. The molecule has 94 valence electrons. The summed E-state index contributed by atoms with van der Waals surface area (Å²) in [6, 6.07) is -1.91. The van der Waals surface area contributed by atoms with Gasteiger partial charge in [-0.1, -0.05) is 0 Å². The maximum Gasteiger partial charge on any atom is 0.405 e. The molecule has 16 heavy (non-hydrogen) atoms. The molecule has 1 atom stereocenters. The summed E-state index contributed by atoms with van der Waals surface area (Å²) in [5.41, 5.74) is 0. The summed E-state index contributed by atoms with van der Waals surface area (Å²) in [4.78, 5) is 22.0. The summed E-state index contributed by atoms with van der Waals surface area (Å²) in [6.45, 7) is 2.02. The van der Waals surface area contributed by atoms with Gasteiger partial charge in [-0.15, -0.1) is 0 Å². The van der Waals surface area contributed by atoms with Crippen molar-refractivity contribution in [2.45, 2.75) is 26.1 Å². The number of likely N-dealkylation sites (N-methyl/N-ethyl adjacent to an activating group) is 1. The Morgan fingerprint density at radius 3 is 2.25 bits per heavy atom. The van der Waals surface area contributed by atoms with Gasteiger partial charge in [0.2, 0.25) is 5.91 Å². The summed E-state index contributed by atoms with van der Waals surface area (Å²) >= 11 is 0. The first kappa shape index (κ1) is 14.5. The molecule has 0 aliphatic carbocycles. The van der Waals surface area contributed by atoms with Crippen LogP contribution in [0.25, 0.3) is 0 Å². The van der Waals surface area contributed by atoms with Gasteiger partial charge in [0.25, 0.3) is 0 Å². The van der Waals surface area contributed by atoms with Crippen molar-refractivity contribution >= 4 is 11.9 Å².